The lowest BCUT2D eigenvalue weighted by Gasteiger charge is -2.20. The molecule has 3 rings (SSSR count). The van der Waals surface area contributed by atoms with Crippen LogP contribution in [0, 0.1) is 6.92 Å². The zero-order chi connectivity index (χ0) is 13.6. The summed E-state index contributed by atoms with van der Waals surface area (Å²) in [5, 5.41) is 7.54. The summed E-state index contributed by atoms with van der Waals surface area (Å²) in [7, 11) is 1.78. The smallest absolute Gasteiger partial charge is 0.278 e. The fourth-order valence-electron chi connectivity index (χ4n) is 2.43. The molecule has 0 saturated carbocycles. The van der Waals surface area contributed by atoms with E-state index >= 15 is 0 Å². The van der Waals surface area contributed by atoms with Crippen LogP contribution in [0.3, 0.4) is 0 Å². The fourth-order valence-corrected chi connectivity index (χ4v) is 2.43. The molecule has 0 aromatic carbocycles. The first kappa shape index (κ1) is 11.7. The minimum absolute atomic E-state index is 0.0557. The predicted octanol–water partition coefficient (Wildman–Crippen LogP) is 1.85. The first-order valence-electron chi connectivity index (χ1n) is 6.21. The number of aryl methyl sites for hydroxylation is 2. The Hall–Kier alpha value is -2.37. The zero-order valence-electron chi connectivity index (χ0n) is 11.1. The Morgan fingerprint density at radius 3 is 2.95 bits per heavy atom. The number of nitrogens with zero attached hydrogens (tertiary/aromatic N) is 4. The largest absolute Gasteiger partial charge is 0.335 e. The quantitative estimate of drug-likeness (QED) is 0.846. The Morgan fingerprint density at radius 2 is 2.21 bits per heavy atom. The van der Waals surface area contributed by atoms with Crippen molar-refractivity contribution >= 4 is 23.1 Å². The molecular weight excluding hydrogens is 242 g/mol. The highest BCUT2D eigenvalue weighted by atomic mass is 16.2. The van der Waals surface area contributed by atoms with Gasteiger partial charge in [-0.2, -0.15) is 5.10 Å². The number of rotatable bonds is 1. The topological polar surface area (TPSA) is 63.1 Å². The van der Waals surface area contributed by atoms with Gasteiger partial charge < -0.3 is 10.2 Å². The van der Waals surface area contributed by atoms with Gasteiger partial charge >= 0.3 is 0 Å². The molecule has 98 valence electrons. The Balaban J connectivity index is 2.27. The van der Waals surface area contributed by atoms with Gasteiger partial charge in [-0.1, -0.05) is 0 Å². The number of hydrogen-bond donors (Lipinski definition) is 1. The molecule has 0 spiro atoms. The number of anilines is 3. The molecule has 2 aromatic heterocycles. The normalized spacial score (nSPS) is 13.6. The van der Waals surface area contributed by atoms with E-state index in [0.717, 1.165) is 17.1 Å². The molecule has 3 heterocycles. The van der Waals surface area contributed by atoms with Crippen molar-refractivity contribution in [3.05, 3.63) is 29.7 Å². The van der Waals surface area contributed by atoms with E-state index in [0.29, 0.717) is 18.1 Å². The number of hydrogen-bond acceptors (Lipinski definition) is 4. The van der Waals surface area contributed by atoms with Gasteiger partial charge in [-0.25, -0.2) is 4.98 Å². The van der Waals surface area contributed by atoms with Crippen molar-refractivity contribution in [1.29, 1.82) is 0 Å². The molecule has 0 unspecified atom stereocenters. The average molecular weight is 257 g/mol. The van der Waals surface area contributed by atoms with Crippen LogP contribution in [0.25, 0.3) is 0 Å². The summed E-state index contributed by atoms with van der Waals surface area (Å²) in [4.78, 5) is 18.7. The van der Waals surface area contributed by atoms with E-state index in [2.05, 4.69) is 15.4 Å². The molecule has 0 aliphatic carbocycles. The highest BCUT2D eigenvalue weighted by molar-refractivity contribution is 6.12. The van der Waals surface area contributed by atoms with Crippen LogP contribution in [0.4, 0.5) is 17.2 Å². The standard InChI is InChI=1S/C13H15N5O/c1-4-18-9-6-5-7-14-12(9)15-10-8(2)16-17(3)11(10)13(18)19/h5-7H,4H2,1-3H3,(H,14,15). The maximum absolute atomic E-state index is 12.7. The minimum Gasteiger partial charge on any atom is -0.335 e. The summed E-state index contributed by atoms with van der Waals surface area (Å²) < 4.78 is 1.62. The van der Waals surface area contributed by atoms with Gasteiger partial charge in [0.25, 0.3) is 5.91 Å². The Kier molecular flexibility index (Phi) is 2.51. The number of aromatic nitrogens is 3. The number of carbonyl (C=O) groups is 1. The molecule has 0 bridgehead atoms. The van der Waals surface area contributed by atoms with Gasteiger partial charge in [-0.3, -0.25) is 9.48 Å². The molecule has 1 N–H and O–H groups in total. The van der Waals surface area contributed by atoms with Gasteiger partial charge in [0.15, 0.2) is 5.82 Å². The van der Waals surface area contributed by atoms with Crippen molar-refractivity contribution in [1.82, 2.24) is 14.8 Å². The maximum Gasteiger partial charge on any atom is 0.278 e. The number of carbonyl (C=O) groups excluding carboxylic acids is 1. The van der Waals surface area contributed by atoms with E-state index in [9.17, 15) is 4.79 Å². The van der Waals surface area contributed by atoms with Crippen LogP contribution in [0.2, 0.25) is 0 Å². The average Bonchev–Trinajstić information content (AvgIpc) is 2.59. The van der Waals surface area contributed by atoms with E-state index in [4.69, 9.17) is 0 Å². The van der Waals surface area contributed by atoms with Crippen LogP contribution in [0.5, 0.6) is 0 Å². The SMILES string of the molecule is CCN1C(=O)c2c(c(C)nn2C)Nc2ncccc21. The summed E-state index contributed by atoms with van der Waals surface area (Å²) in [5.41, 5.74) is 2.90. The van der Waals surface area contributed by atoms with Gasteiger partial charge in [0.05, 0.1) is 17.1 Å². The number of pyridine rings is 1. The second-order valence-electron chi connectivity index (χ2n) is 4.48. The summed E-state index contributed by atoms with van der Waals surface area (Å²) in [6, 6.07) is 3.73. The zero-order valence-corrected chi connectivity index (χ0v) is 11.1. The molecule has 0 fully saturated rings. The maximum atomic E-state index is 12.7. The number of amides is 1. The van der Waals surface area contributed by atoms with E-state index < -0.39 is 0 Å². The third-order valence-electron chi connectivity index (χ3n) is 3.31. The second-order valence-corrected chi connectivity index (χ2v) is 4.48. The van der Waals surface area contributed by atoms with Gasteiger partial charge in [0.1, 0.15) is 5.69 Å². The lowest BCUT2D eigenvalue weighted by molar-refractivity contribution is 0.0981. The van der Waals surface area contributed by atoms with Gasteiger partial charge in [-0.15, -0.1) is 0 Å². The summed E-state index contributed by atoms with van der Waals surface area (Å²) >= 11 is 0. The van der Waals surface area contributed by atoms with Crippen molar-refractivity contribution in [3.8, 4) is 0 Å². The lowest BCUT2D eigenvalue weighted by atomic mass is 10.2. The first-order chi connectivity index (χ1) is 9.13. The molecule has 0 saturated heterocycles. The minimum atomic E-state index is -0.0557. The fraction of sp³-hybridized carbons (Fsp3) is 0.308. The molecule has 6 heteroatoms. The summed E-state index contributed by atoms with van der Waals surface area (Å²) in [5.74, 6) is 0.632. The lowest BCUT2D eigenvalue weighted by Crippen LogP contribution is -2.31. The molecule has 1 amide bonds. The highest BCUT2D eigenvalue weighted by Crippen LogP contribution is 2.35. The van der Waals surface area contributed by atoms with E-state index in [1.807, 2.05) is 26.0 Å². The molecular formula is C13H15N5O. The third kappa shape index (κ3) is 1.60. The summed E-state index contributed by atoms with van der Waals surface area (Å²) in [6.07, 6.45) is 1.71. The van der Waals surface area contributed by atoms with E-state index in [1.54, 1.807) is 22.8 Å². The Bertz CT molecular complexity index is 661. The van der Waals surface area contributed by atoms with Crippen LogP contribution in [-0.4, -0.2) is 27.2 Å². The summed E-state index contributed by atoms with van der Waals surface area (Å²) in [6.45, 7) is 4.41. The molecule has 19 heavy (non-hydrogen) atoms. The molecule has 0 atom stereocenters. The molecule has 0 radical (unpaired) electrons. The van der Waals surface area contributed by atoms with E-state index in [1.165, 1.54) is 0 Å². The Labute approximate surface area is 111 Å². The molecule has 1 aliphatic rings. The van der Waals surface area contributed by atoms with Crippen LogP contribution in [0.15, 0.2) is 18.3 Å². The van der Waals surface area contributed by atoms with Crippen LogP contribution >= 0.6 is 0 Å². The van der Waals surface area contributed by atoms with Crippen LogP contribution < -0.4 is 10.2 Å². The van der Waals surface area contributed by atoms with Crippen molar-refractivity contribution in [2.75, 3.05) is 16.8 Å². The third-order valence-corrected chi connectivity index (χ3v) is 3.31. The first-order valence-corrected chi connectivity index (χ1v) is 6.21. The molecule has 1 aliphatic heterocycles. The van der Waals surface area contributed by atoms with Crippen molar-refractivity contribution in [2.45, 2.75) is 13.8 Å². The van der Waals surface area contributed by atoms with Crippen LogP contribution in [-0.2, 0) is 7.05 Å². The van der Waals surface area contributed by atoms with Crippen molar-refractivity contribution in [2.24, 2.45) is 7.05 Å². The number of nitrogens with one attached hydrogen (secondary N) is 1. The second kappa shape index (κ2) is 4.08. The molecule has 6 nitrogen and oxygen atoms in total. The van der Waals surface area contributed by atoms with Crippen molar-refractivity contribution < 1.29 is 4.79 Å². The van der Waals surface area contributed by atoms with Gasteiger partial charge in [0, 0.05) is 19.8 Å². The molecule has 2 aromatic rings. The predicted molar refractivity (Wildman–Crippen MR) is 72.8 cm³/mol. The Morgan fingerprint density at radius 1 is 1.42 bits per heavy atom. The van der Waals surface area contributed by atoms with Crippen LogP contribution in [0.1, 0.15) is 23.1 Å². The van der Waals surface area contributed by atoms with Gasteiger partial charge in [-0.05, 0) is 26.0 Å². The number of fused-ring (bicyclic) bond motifs is 2. The monoisotopic (exact) mass is 257 g/mol. The van der Waals surface area contributed by atoms with Gasteiger partial charge in [0.2, 0.25) is 0 Å². The highest BCUT2D eigenvalue weighted by Gasteiger charge is 2.30. The van der Waals surface area contributed by atoms with E-state index in [-0.39, 0.29) is 5.91 Å². The van der Waals surface area contributed by atoms with Crippen molar-refractivity contribution in [3.63, 3.8) is 0 Å².